The number of rotatable bonds is 2. The highest BCUT2D eigenvalue weighted by molar-refractivity contribution is 5.93. The van der Waals surface area contributed by atoms with Crippen LogP contribution in [0.1, 0.15) is 10.4 Å². The molecule has 0 atom stereocenters. The molecule has 102 valence electrons. The van der Waals surface area contributed by atoms with Crippen LogP contribution >= 0.6 is 0 Å². The number of piperazine rings is 1. The van der Waals surface area contributed by atoms with E-state index in [1.54, 1.807) is 11.1 Å². The summed E-state index contributed by atoms with van der Waals surface area (Å²) in [5.41, 5.74) is 0.0237. The molecule has 1 amide bonds. The number of hydrogen-bond donors (Lipinski definition) is 2. The zero-order valence-corrected chi connectivity index (χ0v) is 10.8. The predicted molar refractivity (Wildman–Crippen MR) is 71.2 cm³/mol. The summed E-state index contributed by atoms with van der Waals surface area (Å²) in [6.45, 7) is 5.28. The summed E-state index contributed by atoms with van der Waals surface area (Å²) in [5.74, 6) is -0.159. The Morgan fingerprint density at radius 1 is 1.21 bits per heavy atom. The summed E-state index contributed by atoms with van der Waals surface area (Å²) < 4.78 is 0. The van der Waals surface area contributed by atoms with E-state index in [2.05, 4.69) is 15.2 Å². The lowest BCUT2D eigenvalue weighted by molar-refractivity contribution is 0.0500. The van der Waals surface area contributed by atoms with E-state index in [0.717, 1.165) is 26.2 Å². The number of nitrogens with one attached hydrogen (secondary N) is 2. The van der Waals surface area contributed by atoms with Crippen molar-refractivity contribution in [3.05, 3.63) is 34.2 Å². The largest absolute Gasteiger partial charge is 0.367 e. The maximum absolute atomic E-state index is 12.3. The highest BCUT2D eigenvalue weighted by Crippen LogP contribution is 2.11. The Balaban J connectivity index is 1.63. The molecule has 2 aliphatic heterocycles. The predicted octanol–water partition coefficient (Wildman–Crippen LogP) is -0.895. The number of H-pyrrole nitrogens is 1. The van der Waals surface area contributed by atoms with Gasteiger partial charge in [0.15, 0.2) is 5.43 Å². The van der Waals surface area contributed by atoms with Crippen molar-refractivity contribution in [1.29, 1.82) is 0 Å². The molecule has 1 aromatic heterocycles. The van der Waals surface area contributed by atoms with Crippen molar-refractivity contribution < 1.29 is 4.79 Å². The molecule has 0 aliphatic carbocycles. The molecule has 0 radical (unpaired) electrons. The highest BCUT2D eigenvalue weighted by atomic mass is 16.2. The summed E-state index contributed by atoms with van der Waals surface area (Å²) in [7, 11) is 0. The van der Waals surface area contributed by atoms with Gasteiger partial charge in [0.2, 0.25) is 0 Å². The van der Waals surface area contributed by atoms with Gasteiger partial charge in [-0.3, -0.25) is 14.5 Å². The van der Waals surface area contributed by atoms with Gasteiger partial charge in [0.1, 0.15) is 5.56 Å². The van der Waals surface area contributed by atoms with Crippen LogP contribution in [-0.4, -0.2) is 66.0 Å². The first kappa shape index (κ1) is 12.4. The molecule has 0 saturated carbocycles. The van der Waals surface area contributed by atoms with E-state index in [9.17, 15) is 9.59 Å². The van der Waals surface area contributed by atoms with E-state index in [-0.39, 0.29) is 16.9 Å². The van der Waals surface area contributed by atoms with Gasteiger partial charge < -0.3 is 15.2 Å². The van der Waals surface area contributed by atoms with Gasteiger partial charge in [-0.2, -0.15) is 0 Å². The molecule has 1 aromatic rings. The standard InChI is InChI=1S/C13H18N4O2/c18-12-1-2-14-9-11(12)13(19)17-5-3-16(4-6-17)10-7-15-8-10/h1-2,9-10,15H,3-8H2,(H,14,18). The Bertz CT molecular complexity index is 515. The molecule has 2 aliphatic rings. The maximum Gasteiger partial charge on any atom is 0.259 e. The van der Waals surface area contributed by atoms with Crippen molar-refractivity contribution in [3.8, 4) is 0 Å². The number of aromatic nitrogens is 1. The van der Waals surface area contributed by atoms with Gasteiger partial charge >= 0.3 is 0 Å². The minimum absolute atomic E-state index is 0.159. The summed E-state index contributed by atoms with van der Waals surface area (Å²) in [4.78, 5) is 30.9. The summed E-state index contributed by atoms with van der Waals surface area (Å²) in [6, 6.07) is 2.01. The number of carbonyl (C=O) groups excluding carboxylic acids is 1. The third-order valence-electron chi connectivity index (χ3n) is 3.93. The SMILES string of the molecule is O=C(c1c[nH]ccc1=O)N1CCN(C2CNC2)CC1. The number of carbonyl (C=O) groups is 1. The highest BCUT2D eigenvalue weighted by Gasteiger charge is 2.29. The Labute approximate surface area is 111 Å². The van der Waals surface area contributed by atoms with Crippen molar-refractivity contribution in [3.63, 3.8) is 0 Å². The Morgan fingerprint density at radius 2 is 1.95 bits per heavy atom. The van der Waals surface area contributed by atoms with Gasteiger partial charge in [-0.1, -0.05) is 0 Å². The first-order chi connectivity index (χ1) is 9.25. The lowest BCUT2D eigenvalue weighted by Gasteiger charge is -2.43. The van der Waals surface area contributed by atoms with Gasteiger partial charge in [0, 0.05) is 63.8 Å². The first-order valence-corrected chi connectivity index (χ1v) is 6.67. The molecule has 0 aromatic carbocycles. The van der Waals surface area contributed by atoms with E-state index in [0.29, 0.717) is 19.1 Å². The average Bonchev–Trinajstić information content (AvgIpc) is 2.37. The number of amides is 1. The van der Waals surface area contributed by atoms with Gasteiger partial charge in [-0.25, -0.2) is 0 Å². The summed E-state index contributed by atoms with van der Waals surface area (Å²) in [6.07, 6.45) is 3.04. The third-order valence-corrected chi connectivity index (χ3v) is 3.93. The normalized spacial score (nSPS) is 21.2. The molecular formula is C13H18N4O2. The van der Waals surface area contributed by atoms with Crippen LogP contribution in [0.25, 0.3) is 0 Å². The van der Waals surface area contributed by atoms with Crippen LogP contribution in [0.5, 0.6) is 0 Å². The molecule has 0 spiro atoms. The minimum atomic E-state index is -0.214. The van der Waals surface area contributed by atoms with Crippen LogP contribution in [0.3, 0.4) is 0 Å². The molecule has 0 bridgehead atoms. The third kappa shape index (κ3) is 2.41. The van der Waals surface area contributed by atoms with E-state index in [1.165, 1.54) is 12.3 Å². The topological polar surface area (TPSA) is 68.4 Å². The molecule has 0 unspecified atom stereocenters. The second-order valence-corrected chi connectivity index (χ2v) is 5.06. The van der Waals surface area contributed by atoms with Crippen LogP contribution in [0, 0.1) is 0 Å². The second-order valence-electron chi connectivity index (χ2n) is 5.06. The molecule has 2 N–H and O–H groups in total. The quantitative estimate of drug-likeness (QED) is 0.725. The molecule has 6 nitrogen and oxygen atoms in total. The Morgan fingerprint density at radius 3 is 2.53 bits per heavy atom. The van der Waals surface area contributed by atoms with E-state index in [1.807, 2.05) is 0 Å². The van der Waals surface area contributed by atoms with Crippen molar-refractivity contribution >= 4 is 5.91 Å². The zero-order valence-electron chi connectivity index (χ0n) is 10.8. The maximum atomic E-state index is 12.3. The van der Waals surface area contributed by atoms with Crippen molar-refractivity contribution in [2.24, 2.45) is 0 Å². The van der Waals surface area contributed by atoms with Gasteiger partial charge in [-0.15, -0.1) is 0 Å². The molecule has 6 heteroatoms. The fourth-order valence-electron chi connectivity index (χ4n) is 2.58. The van der Waals surface area contributed by atoms with Crippen molar-refractivity contribution in [2.75, 3.05) is 39.3 Å². The molecule has 19 heavy (non-hydrogen) atoms. The van der Waals surface area contributed by atoms with Crippen LogP contribution in [0.15, 0.2) is 23.3 Å². The Hall–Kier alpha value is -1.66. The van der Waals surface area contributed by atoms with Crippen LogP contribution in [-0.2, 0) is 0 Å². The lowest BCUT2D eigenvalue weighted by Crippen LogP contribution is -2.62. The van der Waals surface area contributed by atoms with E-state index < -0.39 is 0 Å². The van der Waals surface area contributed by atoms with Gasteiger partial charge in [0.05, 0.1) is 0 Å². The first-order valence-electron chi connectivity index (χ1n) is 6.67. The Kier molecular flexibility index (Phi) is 3.35. The molecule has 3 heterocycles. The lowest BCUT2D eigenvalue weighted by atomic mass is 10.1. The molecule has 2 fully saturated rings. The number of hydrogen-bond acceptors (Lipinski definition) is 4. The average molecular weight is 262 g/mol. The smallest absolute Gasteiger partial charge is 0.259 e. The summed E-state index contributed by atoms with van der Waals surface area (Å²) >= 11 is 0. The number of nitrogens with zero attached hydrogens (tertiary/aromatic N) is 2. The van der Waals surface area contributed by atoms with E-state index in [4.69, 9.17) is 0 Å². The van der Waals surface area contributed by atoms with Crippen molar-refractivity contribution in [1.82, 2.24) is 20.1 Å². The van der Waals surface area contributed by atoms with Gasteiger partial charge in [-0.05, 0) is 0 Å². The number of pyridine rings is 1. The molecular weight excluding hydrogens is 244 g/mol. The van der Waals surface area contributed by atoms with Gasteiger partial charge in [0.25, 0.3) is 5.91 Å². The van der Waals surface area contributed by atoms with Crippen molar-refractivity contribution in [2.45, 2.75) is 6.04 Å². The molecule has 3 rings (SSSR count). The summed E-state index contributed by atoms with van der Waals surface area (Å²) in [5, 5.41) is 3.26. The fraction of sp³-hybridized carbons (Fsp3) is 0.538. The van der Waals surface area contributed by atoms with Crippen LogP contribution in [0.2, 0.25) is 0 Å². The number of aromatic amines is 1. The van der Waals surface area contributed by atoms with Crippen LogP contribution < -0.4 is 10.7 Å². The van der Waals surface area contributed by atoms with E-state index >= 15 is 0 Å². The zero-order chi connectivity index (χ0) is 13.2. The molecule has 2 saturated heterocycles. The second kappa shape index (κ2) is 5.14. The van der Waals surface area contributed by atoms with Crippen LogP contribution in [0.4, 0.5) is 0 Å². The minimum Gasteiger partial charge on any atom is -0.367 e. The fourth-order valence-corrected chi connectivity index (χ4v) is 2.58. The monoisotopic (exact) mass is 262 g/mol.